The van der Waals surface area contributed by atoms with Crippen LogP contribution in [-0.2, 0) is 14.8 Å². The summed E-state index contributed by atoms with van der Waals surface area (Å²) in [5, 5.41) is 5.43. The lowest BCUT2D eigenvalue weighted by Crippen LogP contribution is -2.31. The number of hydrogen-bond acceptors (Lipinski definition) is 4. The van der Waals surface area contributed by atoms with Crippen LogP contribution in [0.2, 0.25) is 0 Å². The summed E-state index contributed by atoms with van der Waals surface area (Å²) in [6.07, 6.45) is -0.0633. The molecule has 0 aromatic heterocycles. The van der Waals surface area contributed by atoms with Crippen LogP contribution in [0.4, 0.5) is 5.69 Å². The maximum Gasteiger partial charge on any atom is 0.253 e. The van der Waals surface area contributed by atoms with Crippen molar-refractivity contribution in [3.05, 3.63) is 60.2 Å². The fourth-order valence-corrected chi connectivity index (χ4v) is 3.38. The first kappa shape index (κ1) is 20.6. The minimum Gasteiger partial charge on any atom is -0.350 e. The van der Waals surface area contributed by atoms with Crippen molar-refractivity contribution in [2.45, 2.75) is 31.2 Å². The quantitative estimate of drug-likeness (QED) is 0.643. The van der Waals surface area contributed by atoms with Crippen LogP contribution >= 0.6 is 0 Å². The number of sulfonamides is 1. The molecule has 3 N–H and O–H groups in total. The molecule has 0 aliphatic heterocycles. The fourth-order valence-electron chi connectivity index (χ4n) is 2.32. The van der Waals surface area contributed by atoms with E-state index in [0.29, 0.717) is 11.3 Å². The number of para-hydroxylation sites is 1. The molecule has 0 aliphatic rings. The number of carbonyl (C=O) groups is 2. The first-order chi connectivity index (χ1) is 12.8. The third-order valence-corrected chi connectivity index (χ3v) is 5.04. The van der Waals surface area contributed by atoms with Crippen molar-refractivity contribution in [3.8, 4) is 0 Å². The van der Waals surface area contributed by atoms with Gasteiger partial charge in [-0.15, -0.1) is 0 Å². The SMILES string of the molecule is CC(C)NC(=O)c1ccccc1NC(=O)CCNS(=O)(=O)c1ccccc1. The molecule has 0 bridgehead atoms. The molecule has 0 fully saturated rings. The summed E-state index contributed by atoms with van der Waals surface area (Å²) >= 11 is 0. The van der Waals surface area contributed by atoms with Gasteiger partial charge in [0.05, 0.1) is 16.1 Å². The average molecular weight is 389 g/mol. The molecule has 0 saturated carbocycles. The lowest BCUT2D eigenvalue weighted by Gasteiger charge is -2.13. The van der Waals surface area contributed by atoms with E-state index in [1.807, 2.05) is 13.8 Å². The largest absolute Gasteiger partial charge is 0.350 e. The summed E-state index contributed by atoms with van der Waals surface area (Å²) in [6.45, 7) is 3.64. The van der Waals surface area contributed by atoms with E-state index in [9.17, 15) is 18.0 Å². The summed E-state index contributed by atoms with van der Waals surface area (Å²) in [5.41, 5.74) is 0.732. The number of hydrogen-bond donors (Lipinski definition) is 3. The van der Waals surface area contributed by atoms with Crippen LogP contribution in [-0.4, -0.2) is 32.8 Å². The Labute approximate surface area is 159 Å². The highest BCUT2D eigenvalue weighted by Gasteiger charge is 2.16. The average Bonchev–Trinajstić information content (AvgIpc) is 2.62. The first-order valence-corrected chi connectivity index (χ1v) is 10.0. The van der Waals surface area contributed by atoms with Crippen molar-refractivity contribution >= 4 is 27.5 Å². The van der Waals surface area contributed by atoms with Gasteiger partial charge in [0.1, 0.15) is 0 Å². The van der Waals surface area contributed by atoms with Gasteiger partial charge in [-0.2, -0.15) is 0 Å². The highest BCUT2D eigenvalue weighted by Crippen LogP contribution is 2.15. The van der Waals surface area contributed by atoms with Crippen molar-refractivity contribution in [2.24, 2.45) is 0 Å². The van der Waals surface area contributed by atoms with Gasteiger partial charge in [0.15, 0.2) is 0 Å². The van der Waals surface area contributed by atoms with Crippen LogP contribution < -0.4 is 15.4 Å². The van der Waals surface area contributed by atoms with Crippen LogP contribution in [0.1, 0.15) is 30.6 Å². The summed E-state index contributed by atoms with van der Waals surface area (Å²) in [6, 6.07) is 14.6. The minimum atomic E-state index is -3.66. The van der Waals surface area contributed by atoms with Gasteiger partial charge in [0.25, 0.3) is 5.91 Å². The van der Waals surface area contributed by atoms with E-state index in [2.05, 4.69) is 15.4 Å². The topological polar surface area (TPSA) is 104 Å². The normalized spacial score (nSPS) is 11.2. The van der Waals surface area contributed by atoms with E-state index in [1.54, 1.807) is 42.5 Å². The second-order valence-electron chi connectivity index (χ2n) is 6.18. The minimum absolute atomic E-state index is 0.0337. The van der Waals surface area contributed by atoms with Gasteiger partial charge in [-0.05, 0) is 38.1 Å². The van der Waals surface area contributed by atoms with Crippen molar-refractivity contribution in [1.82, 2.24) is 10.0 Å². The maximum absolute atomic E-state index is 12.2. The van der Waals surface area contributed by atoms with E-state index in [0.717, 1.165) is 0 Å². The number of amides is 2. The molecule has 2 rings (SSSR count). The molecular formula is C19H23N3O4S. The number of benzene rings is 2. The van der Waals surface area contributed by atoms with Gasteiger partial charge in [0.2, 0.25) is 15.9 Å². The zero-order valence-corrected chi connectivity index (χ0v) is 16.0. The Kier molecular flexibility index (Phi) is 7.09. The molecule has 27 heavy (non-hydrogen) atoms. The lowest BCUT2D eigenvalue weighted by molar-refractivity contribution is -0.116. The monoisotopic (exact) mass is 389 g/mol. The zero-order valence-electron chi connectivity index (χ0n) is 15.2. The van der Waals surface area contributed by atoms with Crippen LogP contribution in [0.5, 0.6) is 0 Å². The summed E-state index contributed by atoms with van der Waals surface area (Å²) in [5.74, 6) is -0.679. The van der Waals surface area contributed by atoms with Crippen molar-refractivity contribution in [1.29, 1.82) is 0 Å². The zero-order chi connectivity index (χ0) is 19.9. The van der Waals surface area contributed by atoms with E-state index in [4.69, 9.17) is 0 Å². The third kappa shape index (κ3) is 6.19. The molecule has 0 saturated heterocycles. The van der Waals surface area contributed by atoms with Gasteiger partial charge in [-0.25, -0.2) is 13.1 Å². The standard InChI is InChI=1S/C19H23N3O4S/c1-14(2)21-19(24)16-10-6-7-11-17(16)22-18(23)12-13-20-27(25,26)15-8-4-3-5-9-15/h3-11,14,20H,12-13H2,1-2H3,(H,21,24)(H,22,23). The number of rotatable bonds is 8. The smallest absolute Gasteiger partial charge is 0.253 e. The van der Waals surface area contributed by atoms with Gasteiger partial charge in [-0.3, -0.25) is 9.59 Å². The Balaban J connectivity index is 1.94. The molecular weight excluding hydrogens is 366 g/mol. The summed E-state index contributed by atoms with van der Waals surface area (Å²) in [7, 11) is -3.66. The van der Waals surface area contributed by atoms with Crippen LogP contribution in [0.25, 0.3) is 0 Å². The van der Waals surface area contributed by atoms with Crippen LogP contribution in [0.15, 0.2) is 59.5 Å². The van der Waals surface area contributed by atoms with Gasteiger partial charge in [-0.1, -0.05) is 30.3 Å². The predicted molar refractivity (Wildman–Crippen MR) is 104 cm³/mol. The molecule has 8 heteroatoms. The van der Waals surface area contributed by atoms with Gasteiger partial charge >= 0.3 is 0 Å². The lowest BCUT2D eigenvalue weighted by atomic mass is 10.1. The maximum atomic E-state index is 12.2. The van der Waals surface area contributed by atoms with Crippen molar-refractivity contribution in [2.75, 3.05) is 11.9 Å². The molecule has 2 amide bonds. The molecule has 0 aliphatic carbocycles. The highest BCUT2D eigenvalue weighted by atomic mass is 32.2. The molecule has 2 aromatic carbocycles. The molecule has 2 aromatic rings. The molecule has 0 unspecified atom stereocenters. The third-order valence-electron chi connectivity index (χ3n) is 3.56. The summed E-state index contributed by atoms with van der Waals surface area (Å²) in [4.78, 5) is 24.5. The summed E-state index contributed by atoms with van der Waals surface area (Å²) < 4.78 is 26.6. The first-order valence-electron chi connectivity index (χ1n) is 8.54. The molecule has 7 nitrogen and oxygen atoms in total. The Morgan fingerprint density at radius 2 is 1.59 bits per heavy atom. The molecule has 0 atom stereocenters. The Hall–Kier alpha value is -2.71. The number of anilines is 1. The Morgan fingerprint density at radius 1 is 0.963 bits per heavy atom. The Morgan fingerprint density at radius 3 is 2.26 bits per heavy atom. The van der Waals surface area contributed by atoms with Crippen LogP contribution in [0, 0.1) is 0 Å². The van der Waals surface area contributed by atoms with E-state index in [1.165, 1.54) is 12.1 Å². The van der Waals surface area contributed by atoms with E-state index >= 15 is 0 Å². The van der Waals surface area contributed by atoms with Gasteiger partial charge in [0, 0.05) is 19.0 Å². The number of nitrogens with one attached hydrogen (secondary N) is 3. The van der Waals surface area contributed by atoms with E-state index in [-0.39, 0.29) is 29.8 Å². The molecule has 0 heterocycles. The van der Waals surface area contributed by atoms with Crippen molar-refractivity contribution < 1.29 is 18.0 Å². The van der Waals surface area contributed by atoms with Gasteiger partial charge < -0.3 is 10.6 Å². The molecule has 0 radical (unpaired) electrons. The number of carbonyl (C=O) groups excluding carboxylic acids is 2. The van der Waals surface area contributed by atoms with Crippen LogP contribution in [0.3, 0.4) is 0 Å². The van der Waals surface area contributed by atoms with Crippen molar-refractivity contribution in [3.63, 3.8) is 0 Å². The second kappa shape index (κ2) is 9.29. The molecule has 144 valence electrons. The Bertz CT molecular complexity index is 896. The second-order valence-corrected chi connectivity index (χ2v) is 7.95. The highest BCUT2D eigenvalue weighted by molar-refractivity contribution is 7.89. The predicted octanol–water partition coefficient (Wildman–Crippen LogP) is 2.13. The van der Waals surface area contributed by atoms with E-state index < -0.39 is 15.9 Å². The molecule has 0 spiro atoms. The fraction of sp³-hybridized carbons (Fsp3) is 0.263.